The Balaban J connectivity index is 1.31. The summed E-state index contributed by atoms with van der Waals surface area (Å²) in [6, 6.07) is 0. The lowest BCUT2D eigenvalue weighted by molar-refractivity contribution is -0.137. The van der Waals surface area contributed by atoms with Crippen molar-refractivity contribution in [3.63, 3.8) is 0 Å². The highest BCUT2D eigenvalue weighted by Gasteiger charge is 2.29. The number of aromatic nitrogens is 1. The van der Waals surface area contributed by atoms with Crippen molar-refractivity contribution in [3.05, 3.63) is 20.2 Å². The topological polar surface area (TPSA) is 74.7 Å². The summed E-state index contributed by atoms with van der Waals surface area (Å²) in [5.41, 5.74) is 0.952. The maximum Gasteiger partial charge on any atom is 0.307 e. The molecule has 1 N–H and O–H groups in total. The number of nitrogens with zero attached hydrogens (tertiary/aromatic N) is 3. The summed E-state index contributed by atoms with van der Waals surface area (Å²) in [7, 11) is 0. The standard InChI is InChI=1S/C20H32N4O3S/c1-15-16(2)28-20(27)24(15)9-7-18(25)21-8-10-22-11-13-23(14-12-22)19(26)17-5-3-4-6-17/h17H,3-14H2,1-2H3,(H,21,25). The number of piperazine rings is 1. The monoisotopic (exact) mass is 408 g/mol. The summed E-state index contributed by atoms with van der Waals surface area (Å²) < 4.78 is 1.68. The molecule has 156 valence electrons. The second-order valence-corrected chi connectivity index (χ2v) is 9.08. The van der Waals surface area contributed by atoms with Gasteiger partial charge < -0.3 is 14.8 Å². The first kappa shape index (κ1) is 21.0. The number of nitrogens with one attached hydrogen (secondary N) is 1. The van der Waals surface area contributed by atoms with Crippen molar-refractivity contribution >= 4 is 23.2 Å². The first-order chi connectivity index (χ1) is 13.5. The molecule has 1 aromatic rings. The summed E-state index contributed by atoms with van der Waals surface area (Å²) in [5.74, 6) is 0.582. The Morgan fingerprint density at radius 2 is 1.75 bits per heavy atom. The van der Waals surface area contributed by atoms with Gasteiger partial charge in [0.1, 0.15) is 0 Å². The van der Waals surface area contributed by atoms with Gasteiger partial charge in [0.25, 0.3) is 0 Å². The zero-order valence-corrected chi connectivity index (χ0v) is 17.9. The maximum absolute atomic E-state index is 12.5. The second-order valence-electron chi connectivity index (χ2n) is 7.91. The van der Waals surface area contributed by atoms with E-state index in [4.69, 9.17) is 0 Å². The molecule has 1 aliphatic heterocycles. The third-order valence-electron chi connectivity index (χ3n) is 6.08. The normalized spacial score (nSPS) is 18.6. The van der Waals surface area contributed by atoms with Crippen molar-refractivity contribution in [3.8, 4) is 0 Å². The Bertz CT molecular complexity index is 743. The van der Waals surface area contributed by atoms with Gasteiger partial charge in [-0.05, 0) is 26.7 Å². The fourth-order valence-electron chi connectivity index (χ4n) is 4.12. The van der Waals surface area contributed by atoms with Crippen LogP contribution < -0.4 is 10.2 Å². The minimum absolute atomic E-state index is 0.00724. The number of carbonyl (C=O) groups excluding carboxylic acids is 2. The van der Waals surface area contributed by atoms with Gasteiger partial charge in [-0.25, -0.2) is 0 Å². The molecule has 0 bridgehead atoms. The lowest BCUT2D eigenvalue weighted by Gasteiger charge is -2.36. The minimum Gasteiger partial charge on any atom is -0.355 e. The smallest absolute Gasteiger partial charge is 0.307 e. The van der Waals surface area contributed by atoms with E-state index in [0.717, 1.165) is 56.1 Å². The van der Waals surface area contributed by atoms with Crippen LogP contribution >= 0.6 is 11.3 Å². The molecule has 2 amide bonds. The average Bonchev–Trinajstić information content (AvgIpc) is 3.30. The molecule has 0 unspecified atom stereocenters. The Kier molecular flexibility index (Phi) is 7.29. The highest BCUT2D eigenvalue weighted by molar-refractivity contribution is 7.09. The van der Waals surface area contributed by atoms with Crippen LogP contribution in [0, 0.1) is 19.8 Å². The predicted molar refractivity (Wildman–Crippen MR) is 111 cm³/mol. The van der Waals surface area contributed by atoms with Gasteiger partial charge in [-0.2, -0.15) is 0 Å². The highest BCUT2D eigenvalue weighted by atomic mass is 32.1. The van der Waals surface area contributed by atoms with Crippen molar-refractivity contribution < 1.29 is 9.59 Å². The van der Waals surface area contributed by atoms with Gasteiger partial charge in [0.2, 0.25) is 11.8 Å². The molecule has 28 heavy (non-hydrogen) atoms. The molecule has 0 aromatic carbocycles. The average molecular weight is 409 g/mol. The Labute approximate surface area is 170 Å². The van der Waals surface area contributed by atoms with Gasteiger partial charge >= 0.3 is 4.87 Å². The zero-order chi connectivity index (χ0) is 20.1. The molecule has 0 radical (unpaired) electrons. The fraction of sp³-hybridized carbons (Fsp3) is 0.750. The largest absolute Gasteiger partial charge is 0.355 e. The van der Waals surface area contributed by atoms with Crippen molar-refractivity contribution in [1.82, 2.24) is 19.7 Å². The van der Waals surface area contributed by atoms with E-state index in [-0.39, 0.29) is 16.7 Å². The summed E-state index contributed by atoms with van der Waals surface area (Å²) in [4.78, 5) is 41.8. The van der Waals surface area contributed by atoms with E-state index < -0.39 is 0 Å². The van der Waals surface area contributed by atoms with Gasteiger partial charge in [-0.1, -0.05) is 24.2 Å². The van der Waals surface area contributed by atoms with E-state index in [2.05, 4.69) is 10.2 Å². The van der Waals surface area contributed by atoms with Crippen LogP contribution in [0.15, 0.2) is 4.79 Å². The van der Waals surface area contributed by atoms with Crippen LogP contribution in [0.1, 0.15) is 42.7 Å². The summed E-state index contributed by atoms with van der Waals surface area (Å²) in [5, 5.41) is 2.95. The molecule has 3 rings (SSSR count). The number of amides is 2. The molecule has 0 spiro atoms. The molecule has 7 nitrogen and oxygen atoms in total. The minimum atomic E-state index is -0.0230. The molecule has 0 atom stereocenters. The molecular weight excluding hydrogens is 376 g/mol. The van der Waals surface area contributed by atoms with Crippen molar-refractivity contribution in [2.24, 2.45) is 5.92 Å². The lowest BCUT2D eigenvalue weighted by Crippen LogP contribution is -2.51. The van der Waals surface area contributed by atoms with Crippen LogP contribution in [0.25, 0.3) is 0 Å². The molecule has 1 aliphatic carbocycles. The summed E-state index contributed by atoms with van der Waals surface area (Å²) >= 11 is 1.24. The van der Waals surface area contributed by atoms with Gasteiger partial charge in [-0.15, -0.1) is 0 Å². The second kappa shape index (κ2) is 9.69. The molecule has 2 heterocycles. The quantitative estimate of drug-likeness (QED) is 0.739. The predicted octanol–water partition coefficient (Wildman–Crippen LogP) is 1.37. The van der Waals surface area contributed by atoms with E-state index in [0.29, 0.717) is 25.4 Å². The molecule has 1 saturated carbocycles. The van der Waals surface area contributed by atoms with Gasteiger partial charge in [0.15, 0.2) is 0 Å². The number of rotatable bonds is 7. The van der Waals surface area contributed by atoms with E-state index in [1.165, 1.54) is 24.2 Å². The van der Waals surface area contributed by atoms with Crippen LogP contribution in [0.2, 0.25) is 0 Å². The zero-order valence-electron chi connectivity index (χ0n) is 17.0. The molecule has 2 fully saturated rings. The number of carbonyl (C=O) groups is 2. The number of hydrogen-bond donors (Lipinski definition) is 1. The van der Waals surface area contributed by atoms with Crippen molar-refractivity contribution in [2.75, 3.05) is 39.3 Å². The highest BCUT2D eigenvalue weighted by Crippen LogP contribution is 2.26. The van der Waals surface area contributed by atoms with Gasteiger partial charge in [-0.3, -0.25) is 19.3 Å². The van der Waals surface area contributed by atoms with Crippen LogP contribution in [0.5, 0.6) is 0 Å². The third-order valence-corrected chi connectivity index (χ3v) is 7.07. The van der Waals surface area contributed by atoms with E-state index in [1.54, 1.807) is 4.57 Å². The fourth-order valence-corrected chi connectivity index (χ4v) is 4.98. The van der Waals surface area contributed by atoms with E-state index >= 15 is 0 Å². The van der Waals surface area contributed by atoms with Crippen molar-refractivity contribution in [1.29, 1.82) is 0 Å². The summed E-state index contributed by atoms with van der Waals surface area (Å²) in [6.45, 7) is 9.02. The van der Waals surface area contributed by atoms with Gasteiger partial charge in [0.05, 0.1) is 0 Å². The Hall–Kier alpha value is -1.67. The van der Waals surface area contributed by atoms with Crippen LogP contribution in [-0.4, -0.2) is 65.4 Å². The lowest BCUT2D eigenvalue weighted by atomic mass is 10.1. The molecule has 8 heteroatoms. The molecule has 1 aromatic heterocycles. The third kappa shape index (κ3) is 5.23. The first-order valence-corrected chi connectivity index (χ1v) is 11.2. The maximum atomic E-state index is 12.5. The van der Waals surface area contributed by atoms with Crippen LogP contribution in [-0.2, 0) is 16.1 Å². The number of thiazole rings is 1. The van der Waals surface area contributed by atoms with E-state index in [9.17, 15) is 14.4 Å². The van der Waals surface area contributed by atoms with Crippen LogP contribution in [0.4, 0.5) is 0 Å². The van der Waals surface area contributed by atoms with Crippen molar-refractivity contribution in [2.45, 2.75) is 52.5 Å². The molecular formula is C20H32N4O3S. The molecule has 2 aliphatic rings. The molecule has 1 saturated heterocycles. The SMILES string of the molecule is Cc1sc(=O)n(CCC(=O)NCCN2CCN(C(=O)C3CCCC3)CC2)c1C. The summed E-state index contributed by atoms with van der Waals surface area (Å²) in [6.07, 6.45) is 4.82. The van der Waals surface area contributed by atoms with Crippen LogP contribution in [0.3, 0.4) is 0 Å². The van der Waals surface area contributed by atoms with E-state index in [1.807, 2.05) is 18.7 Å². The Morgan fingerprint density at radius 3 is 2.36 bits per heavy atom. The van der Waals surface area contributed by atoms with Gasteiger partial charge in [0, 0.05) is 68.7 Å². The number of aryl methyl sites for hydroxylation is 1. The Morgan fingerprint density at radius 1 is 1.07 bits per heavy atom. The number of hydrogen-bond acceptors (Lipinski definition) is 5. The first-order valence-electron chi connectivity index (χ1n) is 10.4.